The van der Waals surface area contributed by atoms with E-state index in [1.807, 2.05) is 44.2 Å². The summed E-state index contributed by atoms with van der Waals surface area (Å²) in [5, 5.41) is 8.07. The zero-order chi connectivity index (χ0) is 17.6. The Kier molecular flexibility index (Phi) is 5.13. The molecular weight excluding hydrogens is 322 g/mol. The van der Waals surface area contributed by atoms with Crippen molar-refractivity contribution in [2.24, 2.45) is 0 Å². The maximum Gasteiger partial charge on any atom is 0.266 e. The van der Waals surface area contributed by atoms with Crippen molar-refractivity contribution < 1.29 is 18.6 Å². The fourth-order valence-corrected chi connectivity index (χ4v) is 2.19. The van der Waals surface area contributed by atoms with E-state index in [2.05, 4.69) is 15.2 Å². The monoisotopic (exact) mass is 341 g/mol. The van der Waals surface area contributed by atoms with Crippen molar-refractivity contribution in [3.8, 4) is 29.0 Å². The number of benzene rings is 1. The summed E-state index contributed by atoms with van der Waals surface area (Å²) < 4.78 is 22.0. The molecule has 3 rings (SSSR count). The molecule has 0 N–H and O–H groups in total. The molecule has 0 aliphatic heterocycles. The quantitative estimate of drug-likeness (QED) is 0.648. The van der Waals surface area contributed by atoms with Crippen molar-refractivity contribution in [2.75, 3.05) is 13.7 Å². The van der Waals surface area contributed by atoms with Gasteiger partial charge in [0, 0.05) is 6.07 Å². The summed E-state index contributed by atoms with van der Waals surface area (Å²) in [6.45, 7) is 4.41. The van der Waals surface area contributed by atoms with E-state index in [0.717, 1.165) is 5.75 Å². The van der Waals surface area contributed by atoms with Crippen LogP contribution in [-0.2, 0) is 0 Å². The van der Waals surface area contributed by atoms with Crippen LogP contribution in [0.3, 0.4) is 0 Å². The van der Waals surface area contributed by atoms with Crippen molar-refractivity contribution in [1.82, 2.24) is 15.2 Å². The van der Waals surface area contributed by atoms with Crippen LogP contribution < -0.4 is 14.2 Å². The van der Waals surface area contributed by atoms with Crippen LogP contribution in [0, 0.1) is 0 Å². The lowest BCUT2D eigenvalue weighted by Gasteiger charge is -2.11. The standard InChI is InChI=1S/C18H19N3O4/c1-4-23-13-8-10-14(11-9-13)24-12(2)17-20-21-18(25-17)15-6-5-7-16(19-15)22-3/h5-12H,4H2,1-3H3. The molecule has 25 heavy (non-hydrogen) atoms. The first-order chi connectivity index (χ1) is 12.2. The lowest BCUT2D eigenvalue weighted by atomic mass is 10.3. The minimum Gasteiger partial charge on any atom is -0.494 e. The van der Waals surface area contributed by atoms with Crippen LogP contribution in [0.5, 0.6) is 17.4 Å². The molecule has 3 aromatic rings. The number of ether oxygens (including phenoxy) is 3. The highest BCUT2D eigenvalue weighted by Crippen LogP contribution is 2.25. The summed E-state index contributed by atoms with van der Waals surface area (Å²) in [7, 11) is 1.55. The Balaban J connectivity index is 1.70. The van der Waals surface area contributed by atoms with Gasteiger partial charge in [-0.2, -0.15) is 0 Å². The van der Waals surface area contributed by atoms with E-state index in [9.17, 15) is 0 Å². The SMILES string of the molecule is CCOc1ccc(OC(C)c2nnc(-c3cccc(OC)n3)o2)cc1. The van der Waals surface area contributed by atoms with Crippen LogP contribution >= 0.6 is 0 Å². The van der Waals surface area contributed by atoms with Gasteiger partial charge in [0.2, 0.25) is 5.88 Å². The molecule has 0 radical (unpaired) electrons. The van der Waals surface area contributed by atoms with Crippen molar-refractivity contribution in [3.05, 3.63) is 48.4 Å². The highest BCUT2D eigenvalue weighted by Gasteiger charge is 2.17. The van der Waals surface area contributed by atoms with Gasteiger partial charge >= 0.3 is 0 Å². The summed E-state index contributed by atoms with van der Waals surface area (Å²) in [6.07, 6.45) is -0.398. The van der Waals surface area contributed by atoms with Crippen LogP contribution in [0.2, 0.25) is 0 Å². The fraction of sp³-hybridized carbons (Fsp3) is 0.278. The number of nitrogens with zero attached hydrogens (tertiary/aromatic N) is 3. The molecule has 0 saturated carbocycles. The second kappa shape index (κ2) is 7.65. The van der Waals surface area contributed by atoms with Crippen molar-refractivity contribution in [2.45, 2.75) is 20.0 Å². The third-order valence-electron chi connectivity index (χ3n) is 3.39. The topological polar surface area (TPSA) is 79.5 Å². The third-order valence-corrected chi connectivity index (χ3v) is 3.39. The maximum absolute atomic E-state index is 5.83. The first-order valence-corrected chi connectivity index (χ1v) is 7.94. The largest absolute Gasteiger partial charge is 0.494 e. The van der Waals surface area contributed by atoms with Gasteiger partial charge in [-0.05, 0) is 44.2 Å². The molecule has 0 saturated heterocycles. The van der Waals surface area contributed by atoms with Crippen LogP contribution in [0.1, 0.15) is 25.8 Å². The number of hydrogen-bond acceptors (Lipinski definition) is 7. The number of pyridine rings is 1. The summed E-state index contributed by atoms with van der Waals surface area (Å²) in [5.41, 5.74) is 0.548. The molecular formula is C18H19N3O4. The van der Waals surface area contributed by atoms with Gasteiger partial charge in [0.25, 0.3) is 11.8 Å². The highest BCUT2D eigenvalue weighted by atomic mass is 16.5. The first kappa shape index (κ1) is 16.8. The van der Waals surface area contributed by atoms with E-state index >= 15 is 0 Å². The summed E-state index contributed by atoms with van der Waals surface area (Å²) >= 11 is 0. The van der Waals surface area contributed by atoms with Crippen LogP contribution in [0.4, 0.5) is 0 Å². The average Bonchev–Trinajstić information content (AvgIpc) is 3.14. The maximum atomic E-state index is 5.83. The van der Waals surface area contributed by atoms with Gasteiger partial charge in [0.15, 0.2) is 6.10 Å². The Labute approximate surface area is 145 Å². The molecule has 7 nitrogen and oxygen atoms in total. The van der Waals surface area contributed by atoms with E-state index < -0.39 is 6.10 Å². The van der Waals surface area contributed by atoms with E-state index in [1.54, 1.807) is 19.2 Å². The van der Waals surface area contributed by atoms with Gasteiger partial charge < -0.3 is 18.6 Å². The van der Waals surface area contributed by atoms with E-state index in [0.29, 0.717) is 35.7 Å². The van der Waals surface area contributed by atoms with Gasteiger partial charge in [-0.1, -0.05) is 6.07 Å². The van der Waals surface area contributed by atoms with Crippen LogP contribution in [0.25, 0.3) is 11.6 Å². The average molecular weight is 341 g/mol. The molecule has 0 aliphatic carbocycles. The van der Waals surface area contributed by atoms with Crippen LogP contribution in [0.15, 0.2) is 46.9 Å². The number of rotatable bonds is 7. The third kappa shape index (κ3) is 4.06. The number of methoxy groups -OCH3 is 1. The van der Waals surface area contributed by atoms with Crippen molar-refractivity contribution in [3.63, 3.8) is 0 Å². The first-order valence-electron chi connectivity index (χ1n) is 7.94. The lowest BCUT2D eigenvalue weighted by Crippen LogP contribution is -2.03. The van der Waals surface area contributed by atoms with E-state index in [-0.39, 0.29) is 0 Å². The highest BCUT2D eigenvalue weighted by molar-refractivity contribution is 5.47. The molecule has 130 valence electrons. The molecule has 0 bridgehead atoms. The van der Waals surface area contributed by atoms with Gasteiger partial charge in [0.1, 0.15) is 17.2 Å². The van der Waals surface area contributed by atoms with E-state index in [1.165, 1.54) is 0 Å². The Hall–Kier alpha value is -3.09. The molecule has 1 atom stereocenters. The second-order valence-corrected chi connectivity index (χ2v) is 5.18. The van der Waals surface area contributed by atoms with Gasteiger partial charge in [0.05, 0.1) is 13.7 Å². The van der Waals surface area contributed by atoms with Gasteiger partial charge in [-0.3, -0.25) is 0 Å². The lowest BCUT2D eigenvalue weighted by molar-refractivity contribution is 0.189. The molecule has 0 fully saturated rings. The predicted octanol–water partition coefficient (Wildman–Crippen LogP) is 3.68. The van der Waals surface area contributed by atoms with Crippen molar-refractivity contribution >= 4 is 0 Å². The molecule has 0 aliphatic rings. The minimum atomic E-state index is -0.398. The Morgan fingerprint density at radius 1 is 1.04 bits per heavy atom. The molecule has 7 heteroatoms. The summed E-state index contributed by atoms with van der Waals surface area (Å²) in [5.74, 6) is 2.65. The number of aromatic nitrogens is 3. The van der Waals surface area contributed by atoms with E-state index in [4.69, 9.17) is 18.6 Å². The van der Waals surface area contributed by atoms with Gasteiger partial charge in [-0.25, -0.2) is 4.98 Å². The normalized spacial score (nSPS) is 11.8. The van der Waals surface area contributed by atoms with Gasteiger partial charge in [-0.15, -0.1) is 10.2 Å². The molecule has 1 aromatic carbocycles. The Morgan fingerprint density at radius 2 is 1.80 bits per heavy atom. The zero-order valence-corrected chi connectivity index (χ0v) is 14.3. The molecule has 2 heterocycles. The van der Waals surface area contributed by atoms with Crippen LogP contribution in [-0.4, -0.2) is 28.9 Å². The second-order valence-electron chi connectivity index (χ2n) is 5.18. The summed E-state index contributed by atoms with van der Waals surface area (Å²) in [6, 6.07) is 12.7. The minimum absolute atomic E-state index is 0.316. The fourth-order valence-electron chi connectivity index (χ4n) is 2.19. The molecule has 0 amide bonds. The summed E-state index contributed by atoms with van der Waals surface area (Å²) in [4.78, 5) is 4.27. The predicted molar refractivity (Wildman–Crippen MR) is 90.7 cm³/mol. The smallest absolute Gasteiger partial charge is 0.266 e. The Morgan fingerprint density at radius 3 is 2.52 bits per heavy atom. The van der Waals surface area contributed by atoms with Crippen molar-refractivity contribution in [1.29, 1.82) is 0 Å². The molecule has 1 unspecified atom stereocenters. The molecule has 2 aromatic heterocycles. The Bertz CT molecular complexity index is 817. The number of hydrogen-bond donors (Lipinski definition) is 0. The zero-order valence-electron chi connectivity index (χ0n) is 14.3. The molecule has 0 spiro atoms.